The molecule has 0 amide bonds. The van der Waals surface area contributed by atoms with Crippen LogP contribution < -0.4 is 5.36 Å². The lowest BCUT2D eigenvalue weighted by molar-refractivity contribution is 0.183. The molecule has 1 N–H and O–H groups in total. The molecule has 3 nitrogen and oxygen atoms in total. The van der Waals surface area contributed by atoms with Crippen LogP contribution in [-0.4, -0.2) is 17.0 Å². The van der Waals surface area contributed by atoms with Crippen LogP contribution in [0.15, 0.2) is 26.3 Å². The van der Waals surface area contributed by atoms with E-state index in [-0.39, 0.29) is 0 Å². The first-order valence-corrected chi connectivity index (χ1v) is 4.43. The van der Waals surface area contributed by atoms with Crippen LogP contribution in [0.2, 0.25) is 0 Å². The van der Waals surface area contributed by atoms with Crippen LogP contribution in [0.5, 0.6) is 0 Å². The number of halogens is 2. The van der Waals surface area contributed by atoms with Crippen LogP contribution >= 0.6 is 31.9 Å². The maximum absolute atomic E-state index is 9.03. The van der Waals surface area contributed by atoms with Gasteiger partial charge in [-0.25, -0.2) is 0 Å². The molecule has 0 fully saturated rings. The molecule has 11 heavy (non-hydrogen) atoms. The summed E-state index contributed by atoms with van der Waals surface area (Å²) in [5.74, 6) is 0. The van der Waals surface area contributed by atoms with Crippen molar-refractivity contribution in [1.82, 2.24) is 4.73 Å². The SMILES string of the molecule is CN=c1c(Br)cn(O)cc1Br. The summed E-state index contributed by atoms with van der Waals surface area (Å²) < 4.78 is 2.46. The number of aromatic nitrogens is 1. The van der Waals surface area contributed by atoms with E-state index in [0.29, 0.717) is 0 Å². The highest BCUT2D eigenvalue weighted by Gasteiger charge is 1.98. The average Bonchev–Trinajstić information content (AvgIpc) is 1.85. The van der Waals surface area contributed by atoms with E-state index in [1.807, 2.05) is 0 Å². The van der Waals surface area contributed by atoms with Gasteiger partial charge in [0.05, 0.1) is 26.7 Å². The molecule has 0 unspecified atom stereocenters. The first kappa shape index (κ1) is 8.80. The molecule has 0 saturated heterocycles. The summed E-state index contributed by atoms with van der Waals surface area (Å²) in [6.07, 6.45) is 3.04. The molecule has 0 aromatic carbocycles. The smallest absolute Gasteiger partial charge is 0.0887 e. The summed E-state index contributed by atoms with van der Waals surface area (Å²) in [6, 6.07) is 0. The van der Waals surface area contributed by atoms with Gasteiger partial charge < -0.3 is 5.21 Å². The van der Waals surface area contributed by atoms with Crippen molar-refractivity contribution in [2.45, 2.75) is 0 Å². The number of rotatable bonds is 0. The Morgan fingerprint density at radius 1 is 1.36 bits per heavy atom. The highest BCUT2D eigenvalue weighted by molar-refractivity contribution is 9.11. The monoisotopic (exact) mass is 280 g/mol. The van der Waals surface area contributed by atoms with Gasteiger partial charge >= 0.3 is 0 Å². The van der Waals surface area contributed by atoms with Gasteiger partial charge in [-0.3, -0.25) is 4.99 Å². The van der Waals surface area contributed by atoms with E-state index in [1.54, 1.807) is 7.05 Å². The van der Waals surface area contributed by atoms with Crippen molar-refractivity contribution in [3.05, 3.63) is 26.7 Å². The van der Waals surface area contributed by atoms with E-state index >= 15 is 0 Å². The molecule has 0 aliphatic heterocycles. The van der Waals surface area contributed by atoms with Crippen LogP contribution in [0.3, 0.4) is 0 Å². The highest BCUT2D eigenvalue weighted by atomic mass is 79.9. The van der Waals surface area contributed by atoms with E-state index in [4.69, 9.17) is 5.21 Å². The Balaban J connectivity index is 3.50. The molecule has 0 saturated carbocycles. The molecule has 0 radical (unpaired) electrons. The Kier molecular flexibility index (Phi) is 2.72. The Labute approximate surface area is 80.6 Å². The molecule has 0 spiro atoms. The fourth-order valence-electron chi connectivity index (χ4n) is 0.720. The summed E-state index contributed by atoms with van der Waals surface area (Å²) in [7, 11) is 1.69. The number of hydrogen-bond donors (Lipinski definition) is 1. The van der Waals surface area contributed by atoms with Gasteiger partial charge in [-0.15, -0.1) is 0 Å². The topological polar surface area (TPSA) is 37.5 Å². The van der Waals surface area contributed by atoms with Gasteiger partial charge in [0.25, 0.3) is 0 Å². The molecule has 0 aliphatic rings. The minimum atomic E-state index is 0.747. The van der Waals surface area contributed by atoms with E-state index in [0.717, 1.165) is 19.0 Å². The van der Waals surface area contributed by atoms with Crippen LogP contribution in [0.4, 0.5) is 0 Å². The maximum atomic E-state index is 9.03. The van der Waals surface area contributed by atoms with Gasteiger partial charge in [-0.2, -0.15) is 4.73 Å². The largest absolute Gasteiger partial charge is 0.429 e. The lowest BCUT2D eigenvalue weighted by Crippen LogP contribution is -2.09. The summed E-state index contributed by atoms with van der Waals surface area (Å²) in [5.41, 5.74) is 0. The van der Waals surface area contributed by atoms with E-state index in [1.165, 1.54) is 12.4 Å². The van der Waals surface area contributed by atoms with Gasteiger partial charge in [0, 0.05) is 7.05 Å². The quantitative estimate of drug-likeness (QED) is 0.724. The number of hydrogen-bond acceptors (Lipinski definition) is 2. The Hall–Kier alpha value is -0.290. The second kappa shape index (κ2) is 3.40. The zero-order valence-electron chi connectivity index (χ0n) is 5.75. The fourth-order valence-corrected chi connectivity index (χ4v) is 2.19. The van der Waals surface area contributed by atoms with Crippen molar-refractivity contribution in [2.75, 3.05) is 7.05 Å². The van der Waals surface area contributed by atoms with Crippen molar-refractivity contribution < 1.29 is 5.21 Å². The second-order valence-electron chi connectivity index (χ2n) is 1.91. The van der Waals surface area contributed by atoms with Crippen molar-refractivity contribution in [1.29, 1.82) is 0 Å². The molecule has 1 rings (SSSR count). The second-order valence-corrected chi connectivity index (χ2v) is 3.61. The molecule has 5 heteroatoms. The van der Waals surface area contributed by atoms with Crippen LogP contribution in [-0.2, 0) is 0 Å². The average molecular weight is 282 g/mol. The molecule has 60 valence electrons. The first-order chi connectivity index (χ1) is 5.15. The number of pyridine rings is 1. The highest BCUT2D eigenvalue weighted by Crippen LogP contribution is 2.08. The van der Waals surface area contributed by atoms with E-state index in [9.17, 15) is 0 Å². The molecular weight excluding hydrogens is 276 g/mol. The van der Waals surface area contributed by atoms with Crippen LogP contribution in [0.25, 0.3) is 0 Å². The third-order valence-corrected chi connectivity index (χ3v) is 2.33. The Morgan fingerprint density at radius 2 is 1.82 bits per heavy atom. The molecule has 0 bridgehead atoms. The zero-order valence-corrected chi connectivity index (χ0v) is 8.92. The molecule has 1 aromatic heterocycles. The van der Waals surface area contributed by atoms with Gasteiger partial charge in [-0.05, 0) is 31.9 Å². The zero-order chi connectivity index (χ0) is 8.43. The summed E-state index contributed by atoms with van der Waals surface area (Å²) in [6.45, 7) is 0. The predicted octanol–water partition coefficient (Wildman–Crippen LogP) is 1.78. The molecular formula is C6H6Br2N2O. The Bertz CT molecular complexity index is 306. The lowest BCUT2D eigenvalue weighted by atomic mass is 10.5. The van der Waals surface area contributed by atoms with Gasteiger partial charge in [0.2, 0.25) is 0 Å². The summed E-state index contributed by atoms with van der Waals surface area (Å²) >= 11 is 6.51. The van der Waals surface area contributed by atoms with Gasteiger partial charge in [-0.1, -0.05) is 0 Å². The first-order valence-electron chi connectivity index (χ1n) is 2.84. The normalized spacial score (nSPS) is 9.73. The van der Waals surface area contributed by atoms with Crippen LogP contribution in [0, 0.1) is 0 Å². The van der Waals surface area contributed by atoms with Crippen LogP contribution in [0.1, 0.15) is 0 Å². The maximum Gasteiger partial charge on any atom is 0.0887 e. The minimum Gasteiger partial charge on any atom is -0.429 e. The minimum absolute atomic E-state index is 0.747. The summed E-state index contributed by atoms with van der Waals surface area (Å²) in [4.78, 5) is 3.99. The molecule has 1 heterocycles. The van der Waals surface area contributed by atoms with Gasteiger partial charge in [0.1, 0.15) is 0 Å². The van der Waals surface area contributed by atoms with E-state index in [2.05, 4.69) is 36.9 Å². The third-order valence-electron chi connectivity index (χ3n) is 1.17. The molecule has 0 aliphatic carbocycles. The molecule has 0 atom stereocenters. The number of nitrogens with zero attached hydrogens (tertiary/aromatic N) is 2. The summed E-state index contributed by atoms with van der Waals surface area (Å²) in [5, 5.41) is 9.82. The van der Waals surface area contributed by atoms with Crippen molar-refractivity contribution in [2.24, 2.45) is 4.99 Å². The van der Waals surface area contributed by atoms with E-state index < -0.39 is 0 Å². The lowest BCUT2D eigenvalue weighted by Gasteiger charge is -1.99. The van der Waals surface area contributed by atoms with Gasteiger partial charge in [0.15, 0.2) is 0 Å². The standard InChI is InChI=1S/C6H6Br2N2O/c1-9-6-4(7)2-10(11)3-5(6)8/h2-3,11H,1H3. The third kappa shape index (κ3) is 1.84. The van der Waals surface area contributed by atoms with Crippen molar-refractivity contribution >= 4 is 31.9 Å². The predicted molar refractivity (Wildman–Crippen MR) is 48.5 cm³/mol. The molecule has 1 aromatic rings. The fraction of sp³-hybridized carbons (Fsp3) is 0.167. The Morgan fingerprint density at radius 3 is 2.18 bits per heavy atom. The van der Waals surface area contributed by atoms with Crippen molar-refractivity contribution in [3.8, 4) is 0 Å². The van der Waals surface area contributed by atoms with Crippen molar-refractivity contribution in [3.63, 3.8) is 0 Å².